The lowest BCUT2D eigenvalue weighted by molar-refractivity contribution is -0.484. The second-order valence-corrected chi connectivity index (χ2v) is 10.4. The van der Waals surface area contributed by atoms with Gasteiger partial charge in [0.1, 0.15) is 0 Å². The Morgan fingerprint density at radius 2 is 1.28 bits per heavy atom. The summed E-state index contributed by atoms with van der Waals surface area (Å²) in [5.41, 5.74) is 2.76. The van der Waals surface area contributed by atoms with Crippen LogP contribution in [0, 0.1) is 23.2 Å². The van der Waals surface area contributed by atoms with E-state index < -0.39 is 17.8 Å². The van der Waals surface area contributed by atoms with Gasteiger partial charge in [-0.2, -0.15) is 0 Å². The molecule has 0 unspecified atom stereocenters. The highest BCUT2D eigenvalue weighted by Gasteiger charge is 2.47. The number of halogens is 2. The number of hydrogen-bond acceptors (Lipinski definition) is 4. The third-order valence-electron chi connectivity index (χ3n) is 6.01. The Hall–Kier alpha value is -2.14. The molecule has 0 bridgehead atoms. The molecule has 0 saturated heterocycles. The molecule has 32 heavy (non-hydrogen) atoms. The van der Waals surface area contributed by atoms with E-state index in [2.05, 4.69) is 45.2 Å². The number of rotatable bonds is 7. The summed E-state index contributed by atoms with van der Waals surface area (Å²) in [5.74, 6) is -1.85. The minimum atomic E-state index is -0.661. The van der Waals surface area contributed by atoms with Crippen molar-refractivity contribution in [2.75, 3.05) is 6.54 Å². The summed E-state index contributed by atoms with van der Waals surface area (Å²) in [6.07, 6.45) is 0.132. The smallest absolute Gasteiger partial charge is 0.211 e. The molecule has 7 heteroatoms. The highest BCUT2D eigenvalue weighted by atomic mass is 127. The van der Waals surface area contributed by atoms with E-state index in [9.17, 15) is 19.7 Å². The van der Waals surface area contributed by atoms with Crippen LogP contribution in [0.3, 0.4) is 0 Å². The molecule has 3 aromatic rings. The first-order chi connectivity index (χ1) is 15.3. The van der Waals surface area contributed by atoms with E-state index in [1.54, 1.807) is 24.3 Å². The van der Waals surface area contributed by atoms with Crippen molar-refractivity contribution >= 4 is 56.7 Å². The van der Waals surface area contributed by atoms with Crippen molar-refractivity contribution in [2.45, 2.75) is 18.3 Å². The van der Waals surface area contributed by atoms with Gasteiger partial charge >= 0.3 is 0 Å². The van der Waals surface area contributed by atoms with Crippen LogP contribution in [0.25, 0.3) is 0 Å². The van der Waals surface area contributed by atoms with Gasteiger partial charge in [-0.05, 0) is 80.6 Å². The summed E-state index contributed by atoms with van der Waals surface area (Å²) in [4.78, 5) is 38.0. The second-order valence-electron chi connectivity index (χ2n) is 7.89. The topological polar surface area (TPSA) is 77.3 Å². The molecule has 3 aromatic carbocycles. The van der Waals surface area contributed by atoms with Gasteiger partial charge in [-0.1, -0.05) is 48.5 Å². The lowest BCUT2D eigenvalue weighted by Gasteiger charge is -2.22. The van der Waals surface area contributed by atoms with Gasteiger partial charge in [-0.15, -0.1) is 0 Å². The first-order valence-corrected chi connectivity index (χ1v) is 12.3. The number of carbonyl (C=O) groups excluding carboxylic acids is 2. The van der Waals surface area contributed by atoms with Gasteiger partial charge in [0.2, 0.25) is 6.54 Å². The van der Waals surface area contributed by atoms with Crippen LogP contribution in [-0.2, 0) is 0 Å². The van der Waals surface area contributed by atoms with Crippen LogP contribution >= 0.6 is 45.2 Å². The Kier molecular flexibility index (Phi) is 7.04. The number of nitrogens with zero attached hydrogens (tertiary/aromatic N) is 1. The third-order valence-corrected chi connectivity index (χ3v) is 7.45. The predicted molar refractivity (Wildman–Crippen MR) is 139 cm³/mol. The molecule has 0 N–H and O–H groups in total. The lowest BCUT2D eigenvalue weighted by atomic mass is 9.78. The second kappa shape index (κ2) is 9.78. The van der Waals surface area contributed by atoms with Crippen molar-refractivity contribution in [1.29, 1.82) is 0 Å². The zero-order valence-electron chi connectivity index (χ0n) is 16.9. The molecule has 0 heterocycles. The Balaban J connectivity index is 1.75. The molecule has 1 aliphatic carbocycles. The first kappa shape index (κ1) is 23.0. The van der Waals surface area contributed by atoms with E-state index in [0.29, 0.717) is 11.1 Å². The molecule has 0 fully saturated rings. The summed E-state index contributed by atoms with van der Waals surface area (Å²) in [6.45, 7) is -0.341. The molecule has 0 saturated carbocycles. The monoisotopic (exact) mass is 651 g/mol. The lowest BCUT2D eigenvalue weighted by Crippen LogP contribution is -2.28. The van der Waals surface area contributed by atoms with Gasteiger partial charge in [0.15, 0.2) is 11.6 Å². The third kappa shape index (κ3) is 4.78. The molecule has 0 amide bonds. The molecule has 0 aromatic heterocycles. The normalized spacial score (nSPS) is 19.4. The SMILES string of the molecule is O=C(C[C@H]1c2ccccc2[C@@H](C[N+](=O)[O-])[C@@H]1C(=O)c1ccc(I)cc1)c1ccc(I)cc1. The van der Waals surface area contributed by atoms with E-state index >= 15 is 0 Å². The van der Waals surface area contributed by atoms with Crippen molar-refractivity contribution < 1.29 is 14.5 Å². The number of carbonyl (C=O) groups is 2. The number of Topliss-reactive ketones (excluding diaryl/α,β-unsaturated/α-hetero) is 2. The van der Waals surface area contributed by atoms with Gasteiger partial charge in [0, 0.05) is 41.4 Å². The molecule has 0 aliphatic heterocycles. The fourth-order valence-electron chi connectivity index (χ4n) is 4.59. The maximum Gasteiger partial charge on any atom is 0.211 e. The van der Waals surface area contributed by atoms with E-state index in [-0.39, 0.29) is 29.5 Å². The molecule has 3 atom stereocenters. The summed E-state index contributed by atoms with van der Waals surface area (Å²) in [6, 6.07) is 22.0. The van der Waals surface area contributed by atoms with E-state index in [4.69, 9.17) is 0 Å². The molecular weight excluding hydrogens is 632 g/mol. The van der Waals surface area contributed by atoms with Crippen molar-refractivity contribution in [3.8, 4) is 0 Å². The molecule has 0 radical (unpaired) electrons. The largest absolute Gasteiger partial charge is 0.294 e. The number of fused-ring (bicyclic) bond motifs is 1. The maximum atomic E-state index is 13.7. The summed E-state index contributed by atoms with van der Waals surface area (Å²) >= 11 is 4.36. The molecule has 0 spiro atoms. The molecular formula is C25H19I2NO4. The van der Waals surface area contributed by atoms with Crippen LogP contribution in [0.15, 0.2) is 72.8 Å². The van der Waals surface area contributed by atoms with Crippen LogP contribution < -0.4 is 0 Å². The average Bonchev–Trinajstić information content (AvgIpc) is 3.07. The quantitative estimate of drug-likeness (QED) is 0.134. The van der Waals surface area contributed by atoms with Crippen LogP contribution in [-0.4, -0.2) is 23.0 Å². The number of ketones is 2. The van der Waals surface area contributed by atoms with E-state index in [1.807, 2.05) is 48.5 Å². The van der Waals surface area contributed by atoms with Gasteiger partial charge in [-0.3, -0.25) is 19.7 Å². The molecule has 162 valence electrons. The average molecular weight is 651 g/mol. The van der Waals surface area contributed by atoms with Crippen molar-refractivity contribution in [3.05, 3.63) is 112 Å². The Bertz CT molecular complexity index is 1180. The Morgan fingerprint density at radius 3 is 1.81 bits per heavy atom. The van der Waals surface area contributed by atoms with Crippen LogP contribution in [0.5, 0.6) is 0 Å². The molecule has 5 nitrogen and oxygen atoms in total. The van der Waals surface area contributed by atoms with Crippen molar-refractivity contribution in [1.82, 2.24) is 0 Å². The van der Waals surface area contributed by atoms with Crippen molar-refractivity contribution in [3.63, 3.8) is 0 Å². The number of nitro groups is 1. The number of benzene rings is 3. The summed E-state index contributed by atoms with van der Waals surface area (Å²) < 4.78 is 2.03. The summed E-state index contributed by atoms with van der Waals surface area (Å²) in [5, 5.41) is 11.5. The van der Waals surface area contributed by atoms with Gasteiger partial charge in [0.05, 0.1) is 5.92 Å². The predicted octanol–water partition coefficient (Wildman–Crippen LogP) is 6.13. The molecule has 1 aliphatic rings. The first-order valence-electron chi connectivity index (χ1n) is 10.1. The summed E-state index contributed by atoms with van der Waals surface area (Å²) in [7, 11) is 0. The minimum absolute atomic E-state index is 0.0663. The van der Waals surface area contributed by atoms with Crippen LogP contribution in [0.4, 0.5) is 0 Å². The zero-order valence-corrected chi connectivity index (χ0v) is 21.2. The Labute approximate surface area is 213 Å². The Morgan fingerprint density at radius 1 is 0.781 bits per heavy atom. The highest BCUT2D eigenvalue weighted by molar-refractivity contribution is 14.1. The fraction of sp³-hybridized carbons (Fsp3) is 0.200. The minimum Gasteiger partial charge on any atom is -0.294 e. The van der Waals surface area contributed by atoms with E-state index in [1.165, 1.54) is 0 Å². The van der Waals surface area contributed by atoms with E-state index in [0.717, 1.165) is 18.3 Å². The maximum absolute atomic E-state index is 13.7. The number of hydrogen-bond donors (Lipinski definition) is 0. The van der Waals surface area contributed by atoms with Crippen LogP contribution in [0.1, 0.15) is 50.1 Å². The fourth-order valence-corrected chi connectivity index (χ4v) is 5.31. The standard InChI is InChI=1S/C25H19I2NO4/c26-17-9-5-15(6-10-17)23(29)13-21-19-3-1-2-4-20(19)22(14-28(31)32)24(21)25(30)16-7-11-18(27)12-8-16/h1-12,21-22,24H,13-14H2/t21-,22+,24+/m0/s1. The van der Waals surface area contributed by atoms with Gasteiger partial charge in [-0.25, -0.2) is 0 Å². The van der Waals surface area contributed by atoms with Gasteiger partial charge in [0.25, 0.3) is 0 Å². The van der Waals surface area contributed by atoms with Crippen molar-refractivity contribution in [2.24, 2.45) is 5.92 Å². The zero-order chi connectivity index (χ0) is 22.8. The highest BCUT2D eigenvalue weighted by Crippen LogP contribution is 2.50. The van der Waals surface area contributed by atoms with Crippen LogP contribution in [0.2, 0.25) is 0 Å². The van der Waals surface area contributed by atoms with Gasteiger partial charge < -0.3 is 0 Å². The molecule has 4 rings (SSSR count).